The highest BCUT2D eigenvalue weighted by atomic mass is 16.5. The molecule has 0 bridgehead atoms. The summed E-state index contributed by atoms with van der Waals surface area (Å²) in [6.07, 6.45) is 4.28. The van der Waals surface area contributed by atoms with Crippen molar-refractivity contribution in [3.05, 3.63) is 66.2 Å². The minimum Gasteiger partial charge on any atom is -0.504 e. The van der Waals surface area contributed by atoms with Crippen molar-refractivity contribution < 1.29 is 14.6 Å². The van der Waals surface area contributed by atoms with Crippen molar-refractivity contribution in [3.63, 3.8) is 0 Å². The van der Waals surface area contributed by atoms with Crippen LogP contribution < -0.4 is 4.74 Å². The average molecular weight is 352 g/mol. The lowest BCUT2D eigenvalue weighted by Gasteiger charge is -2.34. The second-order valence-corrected chi connectivity index (χ2v) is 6.25. The van der Waals surface area contributed by atoms with Gasteiger partial charge >= 0.3 is 0 Å². The number of hydrogen-bond donors (Lipinski definition) is 1. The van der Waals surface area contributed by atoms with Gasteiger partial charge in [-0.25, -0.2) is 0 Å². The van der Waals surface area contributed by atoms with Gasteiger partial charge in [-0.2, -0.15) is 0 Å². The summed E-state index contributed by atoms with van der Waals surface area (Å²) in [7, 11) is 0. The number of piperazine rings is 1. The molecule has 0 unspecified atom stereocenters. The Labute approximate surface area is 154 Å². The molecule has 1 N–H and O–H groups in total. The fraction of sp³-hybridized carbons (Fsp3) is 0.286. The molecule has 26 heavy (non-hydrogen) atoms. The van der Waals surface area contributed by atoms with Crippen molar-refractivity contribution in [2.75, 3.05) is 39.3 Å². The molecule has 0 atom stereocenters. The first-order chi connectivity index (χ1) is 12.7. The Morgan fingerprint density at radius 3 is 2.42 bits per heavy atom. The van der Waals surface area contributed by atoms with Crippen LogP contribution in [0.15, 0.2) is 60.7 Å². The van der Waals surface area contributed by atoms with Gasteiger partial charge in [-0.1, -0.05) is 54.6 Å². The summed E-state index contributed by atoms with van der Waals surface area (Å²) in [6.45, 7) is 3.92. The SMILES string of the molecule is O=C(COc1ccccc1O)N1CCN(CC=Cc2ccccc2)CC1. The summed E-state index contributed by atoms with van der Waals surface area (Å²) in [4.78, 5) is 16.4. The number of benzene rings is 2. The van der Waals surface area contributed by atoms with Gasteiger partial charge in [0.2, 0.25) is 0 Å². The molecule has 1 aliphatic rings. The van der Waals surface area contributed by atoms with Gasteiger partial charge in [-0.05, 0) is 17.7 Å². The quantitative estimate of drug-likeness (QED) is 0.868. The third kappa shape index (κ3) is 5.10. The molecule has 0 spiro atoms. The Balaban J connectivity index is 1.39. The van der Waals surface area contributed by atoms with Gasteiger partial charge in [0, 0.05) is 32.7 Å². The molecular formula is C21H24N2O3. The van der Waals surface area contributed by atoms with Crippen LogP contribution in [0.5, 0.6) is 11.5 Å². The number of hydrogen-bond acceptors (Lipinski definition) is 4. The molecule has 1 aliphatic heterocycles. The average Bonchev–Trinajstić information content (AvgIpc) is 2.68. The number of carbonyl (C=O) groups is 1. The van der Waals surface area contributed by atoms with Crippen LogP contribution in [-0.4, -0.2) is 60.1 Å². The van der Waals surface area contributed by atoms with Crippen molar-refractivity contribution in [2.45, 2.75) is 0 Å². The molecule has 5 nitrogen and oxygen atoms in total. The topological polar surface area (TPSA) is 53.0 Å². The maximum atomic E-state index is 12.3. The first-order valence-electron chi connectivity index (χ1n) is 8.85. The molecule has 2 aromatic carbocycles. The standard InChI is InChI=1S/C21H24N2O3/c24-19-10-4-5-11-20(19)26-17-21(25)23-15-13-22(14-16-23)12-6-9-18-7-2-1-3-8-18/h1-11,24H,12-17H2. The van der Waals surface area contributed by atoms with E-state index in [0.29, 0.717) is 18.8 Å². The fourth-order valence-electron chi connectivity index (χ4n) is 2.89. The second kappa shape index (κ2) is 9.06. The summed E-state index contributed by atoms with van der Waals surface area (Å²) >= 11 is 0. The lowest BCUT2D eigenvalue weighted by molar-refractivity contribution is -0.135. The molecule has 1 amide bonds. The number of para-hydroxylation sites is 2. The Hall–Kier alpha value is -2.79. The smallest absolute Gasteiger partial charge is 0.260 e. The normalized spacial score (nSPS) is 15.3. The van der Waals surface area contributed by atoms with E-state index in [0.717, 1.165) is 19.6 Å². The van der Waals surface area contributed by atoms with Crippen LogP contribution in [0.25, 0.3) is 6.08 Å². The van der Waals surface area contributed by atoms with Crippen LogP contribution in [0, 0.1) is 0 Å². The van der Waals surface area contributed by atoms with E-state index < -0.39 is 0 Å². The van der Waals surface area contributed by atoms with E-state index in [-0.39, 0.29) is 18.3 Å². The fourth-order valence-corrected chi connectivity index (χ4v) is 2.89. The molecule has 1 saturated heterocycles. The number of aromatic hydroxyl groups is 1. The van der Waals surface area contributed by atoms with Gasteiger partial charge in [0.15, 0.2) is 18.1 Å². The van der Waals surface area contributed by atoms with E-state index in [1.54, 1.807) is 24.3 Å². The monoisotopic (exact) mass is 352 g/mol. The lowest BCUT2D eigenvalue weighted by atomic mass is 10.2. The molecule has 1 heterocycles. The predicted molar refractivity (Wildman–Crippen MR) is 102 cm³/mol. The van der Waals surface area contributed by atoms with Crippen LogP contribution >= 0.6 is 0 Å². The maximum absolute atomic E-state index is 12.3. The number of ether oxygens (including phenoxy) is 1. The summed E-state index contributed by atoms with van der Waals surface area (Å²) < 4.78 is 5.43. The third-order valence-corrected chi connectivity index (χ3v) is 4.41. The van der Waals surface area contributed by atoms with Crippen LogP contribution in [0.2, 0.25) is 0 Å². The van der Waals surface area contributed by atoms with Gasteiger partial charge in [0.25, 0.3) is 5.91 Å². The van der Waals surface area contributed by atoms with E-state index in [1.165, 1.54) is 5.56 Å². The lowest BCUT2D eigenvalue weighted by Crippen LogP contribution is -2.49. The Morgan fingerprint density at radius 1 is 1.00 bits per heavy atom. The van der Waals surface area contributed by atoms with E-state index >= 15 is 0 Å². The first-order valence-corrected chi connectivity index (χ1v) is 8.85. The molecular weight excluding hydrogens is 328 g/mol. The van der Waals surface area contributed by atoms with E-state index in [2.05, 4.69) is 29.2 Å². The van der Waals surface area contributed by atoms with Gasteiger partial charge in [-0.15, -0.1) is 0 Å². The van der Waals surface area contributed by atoms with Gasteiger partial charge < -0.3 is 14.7 Å². The Morgan fingerprint density at radius 2 is 1.69 bits per heavy atom. The van der Waals surface area contributed by atoms with Crippen LogP contribution in [0.3, 0.4) is 0 Å². The Kier molecular flexibility index (Phi) is 6.28. The van der Waals surface area contributed by atoms with E-state index in [9.17, 15) is 9.90 Å². The molecule has 0 saturated carbocycles. The molecule has 0 aromatic heterocycles. The first kappa shape index (κ1) is 18.0. The van der Waals surface area contributed by atoms with E-state index in [4.69, 9.17) is 4.74 Å². The number of amides is 1. The molecule has 3 rings (SSSR count). The maximum Gasteiger partial charge on any atom is 0.260 e. The summed E-state index contributed by atoms with van der Waals surface area (Å²) in [5.41, 5.74) is 1.20. The molecule has 1 fully saturated rings. The zero-order valence-corrected chi connectivity index (χ0v) is 14.8. The number of rotatable bonds is 6. The van der Waals surface area contributed by atoms with Crippen LogP contribution in [-0.2, 0) is 4.79 Å². The molecule has 0 aliphatic carbocycles. The molecule has 5 heteroatoms. The van der Waals surface area contributed by atoms with Gasteiger partial charge in [-0.3, -0.25) is 9.69 Å². The van der Waals surface area contributed by atoms with Crippen molar-refractivity contribution in [2.24, 2.45) is 0 Å². The molecule has 136 valence electrons. The second-order valence-electron chi connectivity index (χ2n) is 6.25. The van der Waals surface area contributed by atoms with Crippen molar-refractivity contribution in [3.8, 4) is 11.5 Å². The van der Waals surface area contributed by atoms with Gasteiger partial charge in [0.05, 0.1) is 0 Å². The number of phenols is 1. The molecule has 2 aromatic rings. The third-order valence-electron chi connectivity index (χ3n) is 4.41. The van der Waals surface area contributed by atoms with Crippen molar-refractivity contribution in [1.82, 2.24) is 9.80 Å². The molecule has 0 radical (unpaired) electrons. The summed E-state index contributed by atoms with van der Waals surface area (Å²) in [6, 6.07) is 16.9. The Bertz CT molecular complexity index is 738. The number of nitrogens with zero attached hydrogens (tertiary/aromatic N) is 2. The van der Waals surface area contributed by atoms with Crippen LogP contribution in [0.1, 0.15) is 5.56 Å². The summed E-state index contributed by atoms with van der Waals surface area (Å²) in [5, 5.41) is 9.67. The highest BCUT2D eigenvalue weighted by Crippen LogP contribution is 2.24. The zero-order chi connectivity index (χ0) is 18.2. The minimum absolute atomic E-state index is 0.0484. The number of phenolic OH excluding ortho intramolecular Hbond substituents is 1. The summed E-state index contributed by atoms with van der Waals surface area (Å²) in [5.74, 6) is 0.341. The van der Waals surface area contributed by atoms with Crippen molar-refractivity contribution in [1.29, 1.82) is 0 Å². The van der Waals surface area contributed by atoms with E-state index in [1.807, 2.05) is 23.1 Å². The minimum atomic E-state index is -0.0501. The predicted octanol–water partition coefficient (Wildman–Crippen LogP) is 2.63. The van der Waals surface area contributed by atoms with Crippen LogP contribution in [0.4, 0.5) is 0 Å². The van der Waals surface area contributed by atoms with Crippen molar-refractivity contribution >= 4 is 12.0 Å². The highest BCUT2D eigenvalue weighted by Gasteiger charge is 2.20. The highest BCUT2D eigenvalue weighted by molar-refractivity contribution is 5.78. The largest absolute Gasteiger partial charge is 0.504 e. The van der Waals surface area contributed by atoms with Gasteiger partial charge in [0.1, 0.15) is 0 Å². The zero-order valence-electron chi connectivity index (χ0n) is 14.8. The number of carbonyl (C=O) groups excluding carboxylic acids is 1.